The van der Waals surface area contributed by atoms with Crippen molar-refractivity contribution in [1.29, 1.82) is 0 Å². The lowest BCUT2D eigenvalue weighted by atomic mass is 10.1. The summed E-state index contributed by atoms with van der Waals surface area (Å²) in [6.07, 6.45) is 2.63. The van der Waals surface area contributed by atoms with Gasteiger partial charge in [-0.05, 0) is 70.6 Å². The average molecular weight is 695 g/mol. The molecule has 1 aromatic carbocycles. The van der Waals surface area contributed by atoms with E-state index in [1.807, 2.05) is 13.0 Å². The van der Waals surface area contributed by atoms with Gasteiger partial charge in [-0.1, -0.05) is 6.07 Å². The lowest BCUT2D eigenvalue weighted by Crippen LogP contribution is -2.56. The minimum absolute atomic E-state index is 0.0165. The first-order valence-electron chi connectivity index (χ1n) is 17.4. The summed E-state index contributed by atoms with van der Waals surface area (Å²) in [5, 5.41) is 6.32. The maximum atomic E-state index is 13.8. The Hall–Kier alpha value is -4.95. The van der Waals surface area contributed by atoms with Crippen molar-refractivity contribution in [3.63, 3.8) is 0 Å². The summed E-state index contributed by atoms with van der Waals surface area (Å²) in [5.74, 6) is -1.82. The molecule has 15 heteroatoms. The number of amides is 5. The van der Waals surface area contributed by atoms with Gasteiger partial charge in [0.05, 0.1) is 18.7 Å². The van der Waals surface area contributed by atoms with Crippen molar-refractivity contribution < 1.29 is 43.0 Å². The van der Waals surface area contributed by atoms with Crippen LogP contribution in [-0.4, -0.2) is 126 Å². The predicted octanol–water partition coefficient (Wildman–Crippen LogP) is 1.93. The second-order valence-corrected chi connectivity index (χ2v) is 12.7. The summed E-state index contributed by atoms with van der Waals surface area (Å²) in [4.78, 5) is 87.1. The third-order valence-corrected chi connectivity index (χ3v) is 8.97. The summed E-state index contributed by atoms with van der Waals surface area (Å²) in [5.41, 5.74) is 1.29. The predicted molar refractivity (Wildman–Crippen MR) is 180 cm³/mol. The van der Waals surface area contributed by atoms with E-state index in [9.17, 15) is 28.8 Å². The largest absolute Gasteiger partial charge is 0.483 e. The molecule has 3 fully saturated rings. The number of aromatic nitrogens is 1. The number of rotatable bonds is 13. The molecule has 2 N–H and O–H groups in total. The topological polar surface area (TPSA) is 177 Å². The van der Waals surface area contributed by atoms with Gasteiger partial charge < -0.3 is 39.5 Å². The number of nitrogens with one attached hydrogen (secondary N) is 2. The van der Waals surface area contributed by atoms with Crippen molar-refractivity contribution in [3.8, 4) is 5.75 Å². The molecule has 270 valence electrons. The molecule has 0 spiro atoms. The van der Waals surface area contributed by atoms with Crippen LogP contribution in [0.15, 0.2) is 24.3 Å². The molecule has 3 aliphatic rings. The monoisotopic (exact) mass is 694 g/mol. The number of ether oxygens (including phenoxy) is 3. The quantitative estimate of drug-likeness (QED) is 0.295. The number of carbonyl (C=O) groups excluding carboxylic acids is 6. The molecule has 2 atom stereocenters. The SMILES string of the molecule is CCOC(=O)CCC(NC(=O)c1cc(OCC(=O)N2CCCC2C(=O)NC2CC2)c2ccc(C)cc2n1)C(=O)N1CCN(C(=O)OCC)CC1. The average Bonchev–Trinajstić information content (AvgIpc) is 3.78. The molecular weight excluding hydrogens is 648 g/mol. The fraction of sp³-hybridized carbons (Fsp3) is 0.571. The number of pyridine rings is 1. The first-order valence-corrected chi connectivity index (χ1v) is 17.4. The zero-order chi connectivity index (χ0) is 35.8. The van der Waals surface area contributed by atoms with Crippen LogP contribution in [0, 0.1) is 6.92 Å². The number of esters is 1. The smallest absolute Gasteiger partial charge is 0.409 e. The van der Waals surface area contributed by atoms with Crippen molar-refractivity contribution in [2.75, 3.05) is 52.5 Å². The Morgan fingerprint density at radius 2 is 1.64 bits per heavy atom. The van der Waals surface area contributed by atoms with Crippen LogP contribution in [0.3, 0.4) is 0 Å². The zero-order valence-electron chi connectivity index (χ0n) is 28.9. The maximum absolute atomic E-state index is 13.8. The van der Waals surface area contributed by atoms with E-state index in [2.05, 4.69) is 15.6 Å². The van der Waals surface area contributed by atoms with Crippen LogP contribution >= 0.6 is 0 Å². The van der Waals surface area contributed by atoms with Gasteiger partial charge in [-0.15, -0.1) is 0 Å². The number of piperazine rings is 1. The highest BCUT2D eigenvalue weighted by molar-refractivity contribution is 5.99. The number of hydrogen-bond acceptors (Lipinski definition) is 10. The van der Waals surface area contributed by atoms with Gasteiger partial charge in [0.25, 0.3) is 11.8 Å². The molecule has 0 bridgehead atoms. The van der Waals surface area contributed by atoms with Crippen LogP contribution < -0.4 is 15.4 Å². The minimum Gasteiger partial charge on any atom is -0.483 e. The molecule has 15 nitrogen and oxygen atoms in total. The van der Waals surface area contributed by atoms with Crippen LogP contribution in [0.25, 0.3) is 10.9 Å². The number of aryl methyl sites for hydroxylation is 1. The van der Waals surface area contributed by atoms with E-state index in [-0.39, 0.29) is 88.1 Å². The van der Waals surface area contributed by atoms with Crippen LogP contribution in [-0.2, 0) is 28.7 Å². The van der Waals surface area contributed by atoms with Gasteiger partial charge >= 0.3 is 12.1 Å². The Bertz CT molecular complexity index is 1600. The molecule has 1 aliphatic carbocycles. The number of benzene rings is 1. The first kappa shape index (κ1) is 36.3. The molecule has 5 amide bonds. The molecule has 2 saturated heterocycles. The number of carbonyl (C=O) groups is 6. The van der Waals surface area contributed by atoms with E-state index in [1.54, 1.807) is 35.8 Å². The van der Waals surface area contributed by atoms with E-state index in [1.165, 1.54) is 11.0 Å². The van der Waals surface area contributed by atoms with E-state index in [0.717, 1.165) is 18.4 Å². The number of likely N-dealkylation sites (tertiary alicyclic amines) is 1. The van der Waals surface area contributed by atoms with Crippen LogP contribution in [0.5, 0.6) is 5.75 Å². The Labute approximate surface area is 290 Å². The van der Waals surface area contributed by atoms with Crippen molar-refractivity contribution >= 4 is 46.6 Å². The summed E-state index contributed by atoms with van der Waals surface area (Å²) in [6.45, 7) is 6.77. The molecule has 2 unspecified atom stereocenters. The highest BCUT2D eigenvalue weighted by Crippen LogP contribution is 2.28. The van der Waals surface area contributed by atoms with E-state index in [0.29, 0.717) is 30.3 Å². The number of hydrogen-bond donors (Lipinski definition) is 2. The molecule has 3 heterocycles. The summed E-state index contributed by atoms with van der Waals surface area (Å²) in [7, 11) is 0. The summed E-state index contributed by atoms with van der Waals surface area (Å²) in [6, 6.07) is 5.43. The molecule has 5 rings (SSSR count). The van der Waals surface area contributed by atoms with Crippen LogP contribution in [0.4, 0.5) is 4.79 Å². The highest BCUT2D eigenvalue weighted by atomic mass is 16.6. The van der Waals surface area contributed by atoms with Crippen molar-refractivity contribution in [3.05, 3.63) is 35.5 Å². The Balaban J connectivity index is 1.31. The number of fused-ring (bicyclic) bond motifs is 1. The third kappa shape index (κ3) is 9.18. The molecule has 1 saturated carbocycles. The second kappa shape index (κ2) is 16.6. The standard InChI is InChI=1S/C35H46N6O9/c1-4-48-31(43)13-12-25(34(46)39-15-17-40(18-16-39)35(47)49-5-2)38-32(44)27-20-29(24-11-8-22(3)19-26(24)37-27)50-21-30(42)41-14-6-7-28(41)33(45)36-23-9-10-23/h8,11,19-20,23,25,28H,4-7,9-10,12-18,21H2,1-3H3,(H,36,45)(H,38,44). The van der Waals surface area contributed by atoms with Gasteiger partial charge in [0.15, 0.2) is 6.61 Å². The first-order chi connectivity index (χ1) is 24.1. The molecule has 50 heavy (non-hydrogen) atoms. The lowest BCUT2D eigenvalue weighted by Gasteiger charge is -2.36. The Morgan fingerprint density at radius 3 is 2.34 bits per heavy atom. The Morgan fingerprint density at radius 1 is 0.920 bits per heavy atom. The van der Waals surface area contributed by atoms with Gasteiger partial charge in [0.1, 0.15) is 23.5 Å². The third-order valence-electron chi connectivity index (χ3n) is 8.97. The zero-order valence-corrected chi connectivity index (χ0v) is 28.9. The summed E-state index contributed by atoms with van der Waals surface area (Å²) >= 11 is 0. The lowest BCUT2D eigenvalue weighted by molar-refractivity contribution is -0.143. The van der Waals surface area contributed by atoms with E-state index < -0.39 is 36.0 Å². The van der Waals surface area contributed by atoms with Gasteiger partial charge in [0, 0.05) is 56.6 Å². The molecule has 2 aliphatic heterocycles. The van der Waals surface area contributed by atoms with Gasteiger partial charge in [-0.3, -0.25) is 24.0 Å². The van der Waals surface area contributed by atoms with Crippen molar-refractivity contribution in [2.24, 2.45) is 0 Å². The maximum Gasteiger partial charge on any atom is 0.409 e. The highest BCUT2D eigenvalue weighted by Gasteiger charge is 2.37. The van der Waals surface area contributed by atoms with Crippen molar-refractivity contribution in [2.45, 2.75) is 77.4 Å². The normalized spacial score (nSPS) is 18.0. The minimum atomic E-state index is -1.09. The van der Waals surface area contributed by atoms with Crippen LogP contribution in [0.1, 0.15) is 68.4 Å². The van der Waals surface area contributed by atoms with Gasteiger partial charge in [0.2, 0.25) is 11.8 Å². The second-order valence-electron chi connectivity index (χ2n) is 12.7. The van der Waals surface area contributed by atoms with Gasteiger partial charge in [-0.2, -0.15) is 0 Å². The molecule has 0 radical (unpaired) electrons. The van der Waals surface area contributed by atoms with Crippen LogP contribution in [0.2, 0.25) is 0 Å². The van der Waals surface area contributed by atoms with E-state index >= 15 is 0 Å². The number of nitrogens with zero attached hydrogens (tertiary/aromatic N) is 4. The van der Waals surface area contributed by atoms with E-state index in [4.69, 9.17) is 14.2 Å². The molecule has 1 aromatic heterocycles. The van der Waals surface area contributed by atoms with Gasteiger partial charge in [-0.25, -0.2) is 9.78 Å². The fourth-order valence-electron chi connectivity index (χ4n) is 6.16. The molecular formula is C35H46N6O9. The molecule has 2 aromatic rings. The van der Waals surface area contributed by atoms with Crippen molar-refractivity contribution in [1.82, 2.24) is 30.3 Å². The summed E-state index contributed by atoms with van der Waals surface area (Å²) < 4.78 is 16.1. The fourth-order valence-corrected chi connectivity index (χ4v) is 6.16. The Kier molecular flexibility index (Phi) is 12.1.